The predicted molar refractivity (Wildman–Crippen MR) is 81.4 cm³/mol. The molecule has 2 atom stereocenters. The van der Waals surface area contributed by atoms with Crippen LogP contribution in [0, 0.1) is 6.92 Å². The van der Waals surface area contributed by atoms with Gasteiger partial charge in [-0.25, -0.2) is 9.50 Å². The molecule has 2 aliphatic rings. The van der Waals surface area contributed by atoms with Crippen molar-refractivity contribution in [3.05, 3.63) is 53.4 Å². The minimum atomic E-state index is 0.463. The van der Waals surface area contributed by atoms with Crippen LogP contribution in [0.1, 0.15) is 41.4 Å². The molecule has 0 amide bonds. The van der Waals surface area contributed by atoms with Gasteiger partial charge in [0, 0.05) is 48.4 Å². The van der Waals surface area contributed by atoms with Crippen LogP contribution in [0.5, 0.6) is 0 Å². The van der Waals surface area contributed by atoms with Crippen molar-refractivity contribution in [2.24, 2.45) is 0 Å². The number of nitrogens with zero attached hydrogens (tertiary/aromatic N) is 4. The topological polar surface area (TPSA) is 46.6 Å². The Morgan fingerprint density at radius 3 is 3.18 bits per heavy atom. The first-order valence-corrected chi connectivity index (χ1v) is 7.90. The van der Waals surface area contributed by atoms with E-state index in [1.165, 1.54) is 29.7 Å². The van der Waals surface area contributed by atoms with E-state index in [0.717, 1.165) is 24.3 Å². The molecule has 0 aromatic carbocycles. The van der Waals surface area contributed by atoms with Gasteiger partial charge >= 0.3 is 0 Å². The van der Waals surface area contributed by atoms with Gasteiger partial charge in [0.1, 0.15) is 0 Å². The average molecular weight is 294 g/mol. The summed E-state index contributed by atoms with van der Waals surface area (Å²) in [4.78, 5) is 7.23. The molecule has 0 aliphatic carbocycles. The SMILES string of the molecule is Cc1cc2ncc3c(n2n1)CC1CCC3N1Cc1ccoc1. The van der Waals surface area contributed by atoms with Gasteiger partial charge in [0.2, 0.25) is 0 Å². The fourth-order valence-electron chi connectivity index (χ4n) is 4.14. The highest BCUT2D eigenvalue weighted by molar-refractivity contribution is 5.44. The Kier molecular flexibility index (Phi) is 2.50. The lowest BCUT2D eigenvalue weighted by Crippen LogP contribution is -2.38. The molecule has 2 aliphatic heterocycles. The smallest absolute Gasteiger partial charge is 0.155 e. The summed E-state index contributed by atoms with van der Waals surface area (Å²) >= 11 is 0. The van der Waals surface area contributed by atoms with Crippen molar-refractivity contribution >= 4 is 5.65 Å². The number of aromatic nitrogens is 3. The fourth-order valence-corrected chi connectivity index (χ4v) is 4.14. The molecule has 112 valence electrons. The molecule has 2 bridgehead atoms. The Balaban J connectivity index is 1.59. The highest BCUT2D eigenvalue weighted by atomic mass is 16.3. The summed E-state index contributed by atoms with van der Waals surface area (Å²) in [5, 5.41) is 4.64. The van der Waals surface area contributed by atoms with Gasteiger partial charge in [0.05, 0.1) is 23.9 Å². The van der Waals surface area contributed by atoms with E-state index in [9.17, 15) is 0 Å². The lowest BCUT2D eigenvalue weighted by molar-refractivity contribution is 0.164. The molecule has 1 saturated heterocycles. The quantitative estimate of drug-likeness (QED) is 0.729. The van der Waals surface area contributed by atoms with E-state index in [1.54, 1.807) is 6.26 Å². The third kappa shape index (κ3) is 1.69. The summed E-state index contributed by atoms with van der Waals surface area (Å²) in [5.74, 6) is 0. The third-order valence-electron chi connectivity index (χ3n) is 5.11. The van der Waals surface area contributed by atoms with Crippen molar-refractivity contribution in [2.75, 3.05) is 0 Å². The van der Waals surface area contributed by atoms with Gasteiger partial charge in [-0.05, 0) is 25.8 Å². The van der Waals surface area contributed by atoms with Crippen LogP contribution in [0.4, 0.5) is 0 Å². The van der Waals surface area contributed by atoms with E-state index < -0.39 is 0 Å². The van der Waals surface area contributed by atoms with Crippen molar-refractivity contribution in [1.29, 1.82) is 0 Å². The maximum absolute atomic E-state index is 5.22. The van der Waals surface area contributed by atoms with Crippen molar-refractivity contribution in [3.63, 3.8) is 0 Å². The fraction of sp³-hybridized carbons (Fsp3) is 0.412. The van der Waals surface area contributed by atoms with Gasteiger partial charge in [-0.15, -0.1) is 0 Å². The zero-order valence-corrected chi connectivity index (χ0v) is 12.6. The highest BCUT2D eigenvalue weighted by Gasteiger charge is 2.41. The molecule has 5 heteroatoms. The van der Waals surface area contributed by atoms with Crippen molar-refractivity contribution in [2.45, 2.75) is 44.8 Å². The molecule has 3 aromatic heterocycles. The first kappa shape index (κ1) is 12.4. The van der Waals surface area contributed by atoms with E-state index in [1.807, 2.05) is 13.2 Å². The number of aryl methyl sites for hydroxylation is 1. The number of hydrogen-bond donors (Lipinski definition) is 0. The Labute approximate surface area is 128 Å². The van der Waals surface area contributed by atoms with E-state index in [-0.39, 0.29) is 0 Å². The van der Waals surface area contributed by atoms with E-state index >= 15 is 0 Å². The molecule has 3 aromatic rings. The van der Waals surface area contributed by atoms with E-state index in [0.29, 0.717) is 12.1 Å². The van der Waals surface area contributed by atoms with Crippen LogP contribution < -0.4 is 0 Å². The minimum absolute atomic E-state index is 0.463. The normalized spacial score (nSPS) is 24.0. The Morgan fingerprint density at radius 1 is 1.36 bits per heavy atom. The Bertz CT molecular complexity index is 836. The van der Waals surface area contributed by atoms with Crippen molar-refractivity contribution in [1.82, 2.24) is 19.5 Å². The van der Waals surface area contributed by atoms with Crippen LogP contribution in [-0.4, -0.2) is 25.5 Å². The minimum Gasteiger partial charge on any atom is -0.472 e. The van der Waals surface area contributed by atoms with E-state index in [4.69, 9.17) is 4.42 Å². The predicted octanol–water partition coefficient (Wildman–Crippen LogP) is 2.89. The molecule has 5 heterocycles. The molecule has 5 nitrogen and oxygen atoms in total. The Hall–Kier alpha value is -2.14. The largest absolute Gasteiger partial charge is 0.472 e. The van der Waals surface area contributed by atoms with Gasteiger partial charge in [-0.3, -0.25) is 4.90 Å². The third-order valence-corrected chi connectivity index (χ3v) is 5.11. The van der Waals surface area contributed by atoms with Crippen LogP contribution in [0.3, 0.4) is 0 Å². The lowest BCUT2D eigenvalue weighted by atomic mass is 9.98. The summed E-state index contributed by atoms with van der Waals surface area (Å²) in [7, 11) is 0. The average Bonchev–Trinajstić information content (AvgIpc) is 3.19. The second-order valence-electron chi connectivity index (χ2n) is 6.47. The van der Waals surface area contributed by atoms with Gasteiger partial charge in [-0.2, -0.15) is 5.10 Å². The van der Waals surface area contributed by atoms with Crippen molar-refractivity contribution < 1.29 is 4.42 Å². The highest BCUT2D eigenvalue weighted by Crippen LogP contribution is 2.44. The van der Waals surface area contributed by atoms with Crippen LogP contribution in [0.15, 0.2) is 35.3 Å². The molecular weight excluding hydrogens is 276 g/mol. The van der Waals surface area contributed by atoms with E-state index in [2.05, 4.69) is 37.8 Å². The Morgan fingerprint density at radius 2 is 2.32 bits per heavy atom. The van der Waals surface area contributed by atoms with Gasteiger partial charge < -0.3 is 4.42 Å². The molecule has 1 fully saturated rings. The number of furan rings is 1. The van der Waals surface area contributed by atoms with Crippen LogP contribution in [0.25, 0.3) is 5.65 Å². The lowest BCUT2D eigenvalue weighted by Gasteiger charge is -2.35. The molecule has 0 radical (unpaired) electrons. The van der Waals surface area contributed by atoms with Gasteiger partial charge in [-0.1, -0.05) is 0 Å². The monoisotopic (exact) mass is 294 g/mol. The van der Waals surface area contributed by atoms with Crippen molar-refractivity contribution in [3.8, 4) is 0 Å². The maximum atomic E-state index is 5.22. The second-order valence-corrected chi connectivity index (χ2v) is 6.47. The summed E-state index contributed by atoms with van der Waals surface area (Å²) in [6.45, 7) is 2.99. The molecular formula is C17H18N4O. The molecule has 5 rings (SSSR count). The second kappa shape index (κ2) is 4.43. The van der Waals surface area contributed by atoms with Gasteiger partial charge in [0.15, 0.2) is 5.65 Å². The molecule has 0 spiro atoms. The molecule has 2 unspecified atom stereocenters. The molecule has 22 heavy (non-hydrogen) atoms. The van der Waals surface area contributed by atoms with Crippen LogP contribution >= 0.6 is 0 Å². The molecule has 0 saturated carbocycles. The zero-order valence-electron chi connectivity index (χ0n) is 12.6. The number of hydrogen-bond acceptors (Lipinski definition) is 4. The maximum Gasteiger partial charge on any atom is 0.155 e. The first-order valence-electron chi connectivity index (χ1n) is 7.90. The standard InChI is InChI=1S/C17H18N4O/c1-11-6-17-18-8-14-15-3-2-13(7-16(14)21(17)19-11)20(15)9-12-4-5-22-10-12/h4-6,8,10,13,15H,2-3,7,9H2,1H3. The number of fused-ring (bicyclic) bond motifs is 6. The summed E-state index contributed by atoms with van der Waals surface area (Å²) < 4.78 is 7.28. The van der Waals surface area contributed by atoms with Gasteiger partial charge in [0.25, 0.3) is 0 Å². The summed E-state index contributed by atoms with van der Waals surface area (Å²) in [6, 6.07) is 5.18. The first-order chi connectivity index (χ1) is 10.8. The van der Waals surface area contributed by atoms with Crippen LogP contribution in [-0.2, 0) is 13.0 Å². The summed E-state index contributed by atoms with van der Waals surface area (Å²) in [5.41, 5.74) is 5.97. The molecule has 0 N–H and O–H groups in total. The zero-order chi connectivity index (χ0) is 14.7. The van der Waals surface area contributed by atoms with Crippen LogP contribution in [0.2, 0.25) is 0 Å². The summed E-state index contributed by atoms with van der Waals surface area (Å²) in [6.07, 6.45) is 9.20. The number of rotatable bonds is 2.